The number of nitrogens with one attached hydrogen (secondary N) is 2. The van der Waals surface area contributed by atoms with E-state index < -0.39 is 0 Å². The Morgan fingerprint density at radius 2 is 0.854 bits per heavy atom. The summed E-state index contributed by atoms with van der Waals surface area (Å²) in [6, 6.07) is 9.66. The van der Waals surface area contributed by atoms with Crippen molar-refractivity contribution in [3.63, 3.8) is 0 Å². The topological polar surface area (TPSA) is 108 Å². The number of hydrogen-bond acceptors (Lipinski definition) is 14. The number of aromatic amines is 2. The van der Waals surface area contributed by atoms with Gasteiger partial charge in [0.1, 0.15) is 0 Å². The second-order valence-electron chi connectivity index (χ2n) is 8.60. The van der Waals surface area contributed by atoms with E-state index in [1.165, 1.54) is 0 Å². The summed E-state index contributed by atoms with van der Waals surface area (Å²) < 4.78 is 0. The van der Waals surface area contributed by atoms with Gasteiger partial charge in [0, 0.05) is 17.1 Å². The van der Waals surface area contributed by atoms with Crippen LogP contribution in [0.25, 0.3) is 34.6 Å². The molecule has 0 saturated carbocycles. The Kier molecular flexibility index (Phi) is 16.6. The first-order chi connectivity index (χ1) is 23.8. The number of thioether (sulfide) groups is 8. The third-order valence-electron chi connectivity index (χ3n) is 5.25. The van der Waals surface area contributed by atoms with Gasteiger partial charge in [-0.1, -0.05) is 0 Å². The van der Waals surface area contributed by atoms with Crippen molar-refractivity contribution in [1.29, 1.82) is 0 Å². The van der Waals surface area contributed by atoms with E-state index in [1.54, 1.807) is 106 Å². The van der Waals surface area contributed by atoms with E-state index >= 15 is 0 Å². The molecule has 6 aliphatic rings. The molecule has 242 valence electrons. The molecular weight excluding hydrogens is 753 g/mol. The van der Waals surface area contributed by atoms with E-state index in [0.29, 0.717) is 23.1 Å². The third-order valence-corrected chi connectivity index (χ3v) is 11.3. The van der Waals surface area contributed by atoms with Crippen LogP contribution in [-0.2, 0) is 0 Å². The average molecular weight is 779 g/mol. The minimum Gasteiger partial charge on any atom is -0.355 e. The number of aliphatic imine (C=N–C) groups is 1. The maximum atomic E-state index is 4.53. The Morgan fingerprint density at radius 3 is 1.31 bits per heavy atom. The number of nitrogens with zero attached hydrogens (tertiary/aromatic N) is 6. The van der Waals surface area contributed by atoms with E-state index in [1.807, 2.05) is 36.4 Å². The van der Waals surface area contributed by atoms with Crippen LogP contribution in [0.2, 0.25) is 0 Å². The fraction of sp³-hybridized carbons (Fsp3) is 0. The van der Waals surface area contributed by atoms with Crippen molar-refractivity contribution in [3.8, 4) is 0 Å². The summed E-state index contributed by atoms with van der Waals surface area (Å²) in [6.07, 6.45) is 5.53. The molecule has 0 aromatic carbocycles. The summed E-state index contributed by atoms with van der Waals surface area (Å²) >= 11 is 13.7. The predicted octanol–water partition coefficient (Wildman–Crippen LogP) is 12.1. The standard InChI is InChI=1S/C16H10N8.4C4H4S2/c1-2-11-6-13-8-17-15(20-13)22-16-21-14(23-24-16)7-12-4-3-10(19-12)5-9(1)18-11;4*1-2-6-4-3-5-1/h1-8,18H,(H,17,20,21,22,23,24);4*1-4H. The van der Waals surface area contributed by atoms with Crippen molar-refractivity contribution in [3.05, 3.63) is 134 Å². The highest BCUT2D eigenvalue weighted by molar-refractivity contribution is 8.12. The number of aromatic nitrogens is 7. The van der Waals surface area contributed by atoms with Crippen LogP contribution in [0.3, 0.4) is 0 Å². The lowest BCUT2D eigenvalue weighted by Crippen LogP contribution is -1.77. The first-order valence-electron chi connectivity index (χ1n) is 13.8. The van der Waals surface area contributed by atoms with E-state index in [0.717, 1.165) is 22.4 Å². The zero-order valence-corrected chi connectivity index (χ0v) is 31.3. The minimum absolute atomic E-state index is 0.336. The molecule has 0 spiro atoms. The lowest BCUT2D eigenvalue weighted by atomic mass is 10.3. The molecule has 3 aromatic rings. The van der Waals surface area contributed by atoms with Crippen molar-refractivity contribution < 1.29 is 0 Å². The quantitative estimate of drug-likeness (QED) is 0.156. The summed E-state index contributed by atoms with van der Waals surface area (Å²) in [7, 11) is 0. The summed E-state index contributed by atoms with van der Waals surface area (Å²) in [6.45, 7) is 0. The second-order valence-corrected chi connectivity index (χ2v) is 15.1. The third kappa shape index (κ3) is 14.3. The van der Waals surface area contributed by atoms with Crippen LogP contribution in [0.15, 0.2) is 122 Å². The smallest absolute Gasteiger partial charge is 0.253 e. The Balaban J connectivity index is 0.000000151. The Bertz CT molecular complexity index is 1620. The zero-order valence-electron chi connectivity index (χ0n) is 24.8. The first kappa shape index (κ1) is 36.3. The molecule has 16 heteroatoms. The van der Waals surface area contributed by atoms with Crippen LogP contribution in [0.1, 0.15) is 17.1 Å². The van der Waals surface area contributed by atoms with Crippen LogP contribution in [-0.4, -0.2) is 41.3 Å². The number of rotatable bonds is 0. The van der Waals surface area contributed by atoms with Crippen molar-refractivity contribution in [2.24, 2.45) is 4.99 Å². The highest BCUT2D eigenvalue weighted by Gasteiger charge is 2.03. The summed E-state index contributed by atoms with van der Waals surface area (Å²) in [4.78, 5) is 23.6. The molecule has 0 atom stereocenters. The van der Waals surface area contributed by atoms with Gasteiger partial charge in [0.2, 0.25) is 0 Å². The van der Waals surface area contributed by atoms with Crippen molar-refractivity contribution in [2.75, 3.05) is 0 Å². The lowest BCUT2D eigenvalue weighted by molar-refractivity contribution is 1.10. The highest BCUT2D eigenvalue weighted by Crippen LogP contribution is 2.20. The molecule has 0 saturated heterocycles. The van der Waals surface area contributed by atoms with Gasteiger partial charge in [0.25, 0.3) is 11.7 Å². The Hall–Kier alpha value is -2.96. The van der Waals surface area contributed by atoms with Crippen molar-refractivity contribution >= 4 is 141 Å². The molecule has 9 rings (SSSR count). The van der Waals surface area contributed by atoms with Crippen LogP contribution in [0.5, 0.6) is 0 Å². The molecule has 0 amide bonds. The molecule has 9 heterocycles. The van der Waals surface area contributed by atoms with Gasteiger partial charge < -0.3 is 9.97 Å². The lowest BCUT2D eigenvalue weighted by Gasteiger charge is -1.86. The molecule has 6 aliphatic heterocycles. The van der Waals surface area contributed by atoms with Crippen LogP contribution >= 0.6 is 94.1 Å². The van der Waals surface area contributed by atoms with Gasteiger partial charge in [-0.2, -0.15) is 4.98 Å². The Morgan fingerprint density at radius 1 is 0.417 bits per heavy atom. The van der Waals surface area contributed by atoms with Crippen LogP contribution in [0.4, 0.5) is 5.95 Å². The van der Waals surface area contributed by atoms with Gasteiger partial charge in [-0.05, 0) is 123 Å². The van der Waals surface area contributed by atoms with Crippen LogP contribution < -0.4 is 0 Å². The molecule has 3 aromatic heterocycles. The van der Waals surface area contributed by atoms with Crippen LogP contribution in [0, 0.1) is 0 Å². The van der Waals surface area contributed by atoms with Gasteiger partial charge in [-0.25, -0.2) is 15.0 Å². The second kappa shape index (κ2) is 21.9. The van der Waals surface area contributed by atoms with Gasteiger partial charge >= 0.3 is 0 Å². The maximum absolute atomic E-state index is 4.53. The summed E-state index contributed by atoms with van der Waals surface area (Å²) in [5, 5.41) is 41.0. The van der Waals surface area contributed by atoms with Gasteiger partial charge in [-0.3, -0.25) is 0 Å². The molecular formula is C32H26N8S8. The molecule has 0 unspecified atom stereocenters. The molecule has 8 bridgehead atoms. The summed E-state index contributed by atoms with van der Waals surface area (Å²) in [5.74, 6) is 0.689. The van der Waals surface area contributed by atoms with Crippen molar-refractivity contribution in [2.45, 2.75) is 0 Å². The molecule has 0 fully saturated rings. The van der Waals surface area contributed by atoms with E-state index in [9.17, 15) is 0 Å². The van der Waals surface area contributed by atoms with E-state index in [-0.39, 0.29) is 0 Å². The van der Waals surface area contributed by atoms with Gasteiger partial charge in [-0.15, -0.1) is 104 Å². The fourth-order valence-electron chi connectivity index (χ4n) is 3.38. The SMILES string of the molecule is C1=CSC=CS1.C1=CSC=CS1.C1=CSC=CS1.C1=CSC=CS1.C1=Cc2cc3nnc(nc4nc(cc5ccc(cc1n2)[nH]5)C=N4)[nH]3. The molecule has 0 radical (unpaired) electrons. The monoisotopic (exact) mass is 778 g/mol. The number of H-pyrrole nitrogens is 2. The van der Waals surface area contributed by atoms with Crippen molar-refractivity contribution in [1.82, 2.24) is 35.1 Å². The average Bonchev–Trinajstić information content (AvgIpc) is 4.00. The molecule has 2 N–H and O–H groups in total. The molecule has 8 nitrogen and oxygen atoms in total. The predicted molar refractivity (Wildman–Crippen MR) is 224 cm³/mol. The number of hydrogen-bond donors (Lipinski definition) is 2. The zero-order chi connectivity index (χ0) is 32.9. The fourth-order valence-corrected chi connectivity index (χ4v) is 8.22. The first-order valence-corrected chi connectivity index (χ1v) is 21.3. The van der Waals surface area contributed by atoms with Gasteiger partial charge in [0.15, 0.2) is 5.65 Å². The van der Waals surface area contributed by atoms with Gasteiger partial charge in [0.05, 0.1) is 23.3 Å². The largest absolute Gasteiger partial charge is 0.355 e. The summed E-state index contributed by atoms with van der Waals surface area (Å²) in [5.41, 5.74) is 4.84. The molecule has 48 heavy (non-hydrogen) atoms. The highest BCUT2D eigenvalue weighted by atomic mass is 32.2. The molecule has 0 aliphatic carbocycles. The Labute approximate surface area is 312 Å². The van der Waals surface area contributed by atoms with E-state index in [2.05, 4.69) is 127 Å². The van der Waals surface area contributed by atoms with E-state index in [4.69, 9.17) is 0 Å². The normalized spacial score (nSPS) is 15.7. The number of fused-ring (bicyclic) bond motifs is 8. The maximum Gasteiger partial charge on any atom is 0.253 e. The minimum atomic E-state index is 0.336.